The quantitative estimate of drug-likeness (QED) is 0.318. The van der Waals surface area contributed by atoms with Gasteiger partial charge in [0, 0.05) is 25.2 Å². The molecule has 0 N–H and O–H groups in total. The van der Waals surface area contributed by atoms with Crippen LogP contribution in [0.2, 0.25) is 0 Å². The number of nitrogens with zero attached hydrogens (tertiary/aromatic N) is 4. The van der Waals surface area contributed by atoms with Crippen molar-refractivity contribution in [2.24, 2.45) is 0 Å². The van der Waals surface area contributed by atoms with Crippen LogP contribution in [0.5, 0.6) is 5.75 Å². The van der Waals surface area contributed by atoms with Crippen LogP contribution in [0.4, 0.5) is 10.8 Å². The first kappa shape index (κ1) is 26.1. The molecular formula is C28H30N4O4S2. The Morgan fingerprint density at radius 2 is 1.82 bits per heavy atom. The summed E-state index contributed by atoms with van der Waals surface area (Å²) in [5, 5.41) is 0.585. The highest BCUT2D eigenvalue weighted by Crippen LogP contribution is 2.34. The second kappa shape index (κ2) is 10.7. The number of benzene rings is 3. The minimum Gasteiger partial charge on any atom is -0.497 e. The zero-order valence-electron chi connectivity index (χ0n) is 21.6. The highest BCUT2D eigenvalue weighted by Gasteiger charge is 2.29. The molecule has 10 heteroatoms. The average Bonchev–Trinajstić information content (AvgIpc) is 3.35. The maximum Gasteiger partial charge on any atom is 0.264 e. The molecule has 0 aliphatic carbocycles. The van der Waals surface area contributed by atoms with E-state index in [1.807, 2.05) is 61.5 Å². The van der Waals surface area contributed by atoms with Gasteiger partial charge in [-0.15, -0.1) is 0 Å². The van der Waals surface area contributed by atoms with Crippen LogP contribution in [0, 0.1) is 0 Å². The van der Waals surface area contributed by atoms with Gasteiger partial charge in [-0.3, -0.25) is 14.0 Å². The summed E-state index contributed by atoms with van der Waals surface area (Å²) in [5.74, 6) is 0.497. The first-order valence-electron chi connectivity index (χ1n) is 12.4. The summed E-state index contributed by atoms with van der Waals surface area (Å²) in [4.78, 5) is 22.2. The zero-order chi connectivity index (χ0) is 26.9. The Bertz CT molecular complexity index is 1570. The standard InChI is InChI=1S/C28H30N4O4S2/c1-30(2)17-18-31(28-29-24-15-12-22(36-3)19-26(24)37-28)27(33)21-10-13-23(14-11-21)38(34,35)32-16-6-8-20-7-4-5-9-25(20)32/h4-5,7,9-15,19H,6,8,16-18H2,1-3H3. The minimum absolute atomic E-state index is 0.165. The van der Waals surface area contributed by atoms with Crippen LogP contribution in [-0.4, -0.2) is 65.0 Å². The van der Waals surface area contributed by atoms with E-state index in [-0.39, 0.29) is 10.8 Å². The van der Waals surface area contributed by atoms with Crippen molar-refractivity contribution in [1.29, 1.82) is 0 Å². The topological polar surface area (TPSA) is 83.0 Å². The van der Waals surface area contributed by atoms with Gasteiger partial charge in [0.2, 0.25) is 0 Å². The normalized spacial score (nSPS) is 13.5. The molecular weight excluding hydrogens is 520 g/mol. The molecule has 4 aromatic rings. The van der Waals surface area contributed by atoms with E-state index in [4.69, 9.17) is 9.72 Å². The lowest BCUT2D eigenvalue weighted by Gasteiger charge is -2.30. The number of thiazole rings is 1. The molecule has 8 nitrogen and oxygen atoms in total. The summed E-state index contributed by atoms with van der Waals surface area (Å²) in [6.07, 6.45) is 1.62. The van der Waals surface area contributed by atoms with Crippen LogP contribution in [-0.2, 0) is 16.4 Å². The fourth-order valence-electron chi connectivity index (χ4n) is 4.52. The molecule has 1 amide bonds. The number of aromatic nitrogens is 1. The lowest BCUT2D eigenvalue weighted by atomic mass is 10.0. The molecule has 0 radical (unpaired) electrons. The monoisotopic (exact) mass is 550 g/mol. The molecule has 0 spiro atoms. The lowest BCUT2D eigenvalue weighted by molar-refractivity contribution is 0.0985. The first-order valence-corrected chi connectivity index (χ1v) is 14.7. The van der Waals surface area contributed by atoms with E-state index in [0.717, 1.165) is 40.1 Å². The van der Waals surface area contributed by atoms with Gasteiger partial charge in [0.25, 0.3) is 15.9 Å². The van der Waals surface area contributed by atoms with E-state index in [2.05, 4.69) is 0 Å². The van der Waals surface area contributed by atoms with Crippen molar-refractivity contribution < 1.29 is 17.9 Å². The second-order valence-corrected chi connectivity index (χ2v) is 12.3. The Labute approximate surface area is 227 Å². The number of hydrogen-bond acceptors (Lipinski definition) is 7. The largest absolute Gasteiger partial charge is 0.497 e. The number of methoxy groups -OCH3 is 1. The number of para-hydroxylation sites is 1. The van der Waals surface area contributed by atoms with Crippen LogP contribution in [0.25, 0.3) is 10.2 Å². The van der Waals surface area contributed by atoms with Gasteiger partial charge in [-0.1, -0.05) is 29.5 Å². The number of ether oxygens (including phenoxy) is 1. The molecule has 198 valence electrons. The van der Waals surface area contributed by atoms with Gasteiger partial charge in [-0.2, -0.15) is 0 Å². The zero-order valence-corrected chi connectivity index (χ0v) is 23.3. The Kier molecular flexibility index (Phi) is 7.38. The van der Waals surface area contributed by atoms with Crippen molar-refractivity contribution in [1.82, 2.24) is 9.88 Å². The number of fused-ring (bicyclic) bond motifs is 2. The van der Waals surface area contributed by atoms with Gasteiger partial charge < -0.3 is 9.64 Å². The molecule has 3 aromatic carbocycles. The van der Waals surface area contributed by atoms with E-state index in [1.54, 1.807) is 24.1 Å². The van der Waals surface area contributed by atoms with Crippen molar-refractivity contribution in [2.45, 2.75) is 17.7 Å². The second-order valence-electron chi connectivity index (χ2n) is 9.42. The van der Waals surface area contributed by atoms with Gasteiger partial charge in [-0.25, -0.2) is 13.4 Å². The fraction of sp³-hybridized carbons (Fsp3) is 0.286. The molecule has 1 aliphatic rings. The fourth-order valence-corrected chi connectivity index (χ4v) is 7.08. The molecule has 0 unspecified atom stereocenters. The number of aryl methyl sites for hydroxylation is 1. The summed E-state index contributed by atoms with van der Waals surface area (Å²) in [6, 6.07) is 19.4. The van der Waals surface area contributed by atoms with Crippen molar-refractivity contribution in [3.05, 3.63) is 77.9 Å². The van der Waals surface area contributed by atoms with Crippen molar-refractivity contribution >= 4 is 48.3 Å². The SMILES string of the molecule is COc1ccc2nc(N(CCN(C)C)C(=O)c3ccc(S(=O)(=O)N4CCCc5ccccc54)cc3)sc2c1. The number of rotatable bonds is 8. The van der Waals surface area contributed by atoms with Gasteiger partial charge >= 0.3 is 0 Å². The summed E-state index contributed by atoms with van der Waals surface area (Å²) in [5.41, 5.74) is 2.94. The third-order valence-corrected chi connectivity index (χ3v) is 9.46. The van der Waals surface area contributed by atoms with Crippen LogP contribution in [0.1, 0.15) is 22.3 Å². The van der Waals surface area contributed by atoms with Crippen LogP contribution < -0.4 is 13.9 Å². The highest BCUT2D eigenvalue weighted by molar-refractivity contribution is 7.92. The Morgan fingerprint density at radius 1 is 1.05 bits per heavy atom. The molecule has 1 aromatic heterocycles. The van der Waals surface area contributed by atoms with Crippen LogP contribution in [0.3, 0.4) is 0 Å². The summed E-state index contributed by atoms with van der Waals surface area (Å²) in [6.45, 7) is 1.51. The van der Waals surface area contributed by atoms with E-state index < -0.39 is 10.0 Å². The molecule has 0 fully saturated rings. The van der Waals surface area contributed by atoms with Gasteiger partial charge in [-0.05, 0) is 81.0 Å². The molecule has 0 atom stereocenters. The molecule has 0 saturated heterocycles. The van der Waals surface area contributed by atoms with Crippen LogP contribution in [0.15, 0.2) is 71.6 Å². The number of amides is 1. The van der Waals surface area contributed by atoms with E-state index in [1.165, 1.54) is 27.8 Å². The number of sulfonamides is 1. The number of anilines is 2. The van der Waals surface area contributed by atoms with Gasteiger partial charge in [0.15, 0.2) is 5.13 Å². The van der Waals surface area contributed by atoms with Gasteiger partial charge in [0.05, 0.1) is 27.9 Å². The lowest BCUT2D eigenvalue weighted by Crippen LogP contribution is -2.37. The molecule has 38 heavy (non-hydrogen) atoms. The number of carbonyl (C=O) groups excluding carboxylic acids is 1. The summed E-state index contributed by atoms with van der Waals surface area (Å²) >= 11 is 1.42. The molecule has 5 rings (SSSR count). The predicted octanol–water partition coefficient (Wildman–Crippen LogP) is 4.65. The minimum atomic E-state index is -3.76. The van der Waals surface area contributed by atoms with Gasteiger partial charge in [0.1, 0.15) is 5.75 Å². The molecule has 1 aliphatic heterocycles. The number of likely N-dealkylation sites (N-methyl/N-ethyl adjacent to an activating group) is 1. The van der Waals surface area contributed by atoms with E-state index in [9.17, 15) is 13.2 Å². The van der Waals surface area contributed by atoms with E-state index in [0.29, 0.717) is 30.3 Å². The van der Waals surface area contributed by atoms with Crippen LogP contribution >= 0.6 is 11.3 Å². The van der Waals surface area contributed by atoms with Crippen molar-refractivity contribution in [3.8, 4) is 5.75 Å². The highest BCUT2D eigenvalue weighted by atomic mass is 32.2. The third kappa shape index (κ3) is 5.11. The third-order valence-electron chi connectivity index (χ3n) is 6.59. The Hall–Kier alpha value is -3.47. The van der Waals surface area contributed by atoms with Crippen molar-refractivity contribution in [2.75, 3.05) is 50.0 Å². The molecule has 0 saturated carbocycles. The average molecular weight is 551 g/mol. The Morgan fingerprint density at radius 3 is 2.55 bits per heavy atom. The summed E-state index contributed by atoms with van der Waals surface area (Å²) < 4.78 is 34.8. The number of hydrogen-bond donors (Lipinski definition) is 0. The molecule has 2 heterocycles. The predicted molar refractivity (Wildman–Crippen MR) is 152 cm³/mol. The first-order chi connectivity index (χ1) is 18.3. The Balaban J connectivity index is 1.44. The number of carbonyl (C=O) groups is 1. The molecule has 0 bridgehead atoms. The maximum atomic E-state index is 13.7. The maximum absolute atomic E-state index is 13.7. The van der Waals surface area contributed by atoms with Crippen molar-refractivity contribution in [3.63, 3.8) is 0 Å². The smallest absolute Gasteiger partial charge is 0.264 e. The van der Waals surface area contributed by atoms with E-state index >= 15 is 0 Å². The summed E-state index contributed by atoms with van der Waals surface area (Å²) in [7, 11) is 1.76.